The molecule has 0 bridgehead atoms. The minimum atomic E-state index is -0.0281. The highest BCUT2D eigenvalue weighted by molar-refractivity contribution is 5.89. The van der Waals surface area contributed by atoms with E-state index in [0.717, 1.165) is 0 Å². The summed E-state index contributed by atoms with van der Waals surface area (Å²) in [4.78, 5) is 0.652. The Morgan fingerprint density at radius 2 is 1.88 bits per heavy atom. The van der Waals surface area contributed by atoms with Gasteiger partial charge in [-0.1, -0.05) is 0 Å². The van der Waals surface area contributed by atoms with Gasteiger partial charge >= 0.3 is 5.88 Å². The molecule has 1 N–H and O–H groups in total. The molecule has 0 saturated heterocycles. The van der Waals surface area contributed by atoms with E-state index in [9.17, 15) is 10.4 Å². The van der Waals surface area contributed by atoms with Crippen molar-refractivity contribution < 1.29 is 24.3 Å². The van der Waals surface area contributed by atoms with Gasteiger partial charge < -0.3 is 24.6 Å². The molecule has 0 unspecified atom stereocenters. The molecule has 0 amide bonds. The van der Waals surface area contributed by atoms with Gasteiger partial charge in [0.05, 0.1) is 21.3 Å². The number of hydrogen-bond donors (Lipinski definition) is 1. The zero-order valence-corrected chi connectivity index (χ0v) is 9.63. The van der Waals surface area contributed by atoms with Gasteiger partial charge in [-0.2, -0.15) is 0 Å². The number of aromatic nitrogens is 2. The van der Waals surface area contributed by atoms with E-state index in [1.54, 1.807) is 12.1 Å². The number of fused-ring (bicyclic) bond motifs is 1. The van der Waals surface area contributed by atoms with Crippen LogP contribution in [0.3, 0.4) is 0 Å². The quantitative estimate of drug-likeness (QED) is 0.481. The van der Waals surface area contributed by atoms with Gasteiger partial charge in [-0.3, -0.25) is 0 Å². The summed E-state index contributed by atoms with van der Waals surface area (Å²) in [7, 11) is 4.27. The molecule has 0 fully saturated rings. The van der Waals surface area contributed by atoms with E-state index >= 15 is 0 Å². The van der Waals surface area contributed by atoms with E-state index in [1.807, 2.05) is 0 Å². The predicted molar refractivity (Wildman–Crippen MR) is 57.7 cm³/mol. The fourth-order valence-corrected chi connectivity index (χ4v) is 1.69. The number of nitrogens with zero attached hydrogens (tertiary/aromatic N) is 2. The fourth-order valence-electron chi connectivity index (χ4n) is 1.69. The molecule has 0 radical (unpaired) electrons. The topological polar surface area (TPSA) is 79.8 Å². The summed E-state index contributed by atoms with van der Waals surface area (Å²) in [5, 5.41) is 21.7. The predicted octanol–water partition coefficient (Wildman–Crippen LogP) is 0.538. The second kappa shape index (κ2) is 3.93. The third-order valence-corrected chi connectivity index (χ3v) is 2.47. The molecular formula is C10H12N2O5. The molecular weight excluding hydrogens is 228 g/mol. The lowest BCUT2D eigenvalue weighted by molar-refractivity contribution is -0.725. The number of methoxy groups -OCH3 is 3. The maximum atomic E-state index is 11.6. The lowest BCUT2D eigenvalue weighted by Crippen LogP contribution is -2.36. The van der Waals surface area contributed by atoms with Crippen molar-refractivity contribution in [3.8, 4) is 17.4 Å². The van der Waals surface area contributed by atoms with Crippen molar-refractivity contribution >= 4 is 10.9 Å². The molecule has 0 aliphatic carbocycles. The summed E-state index contributed by atoms with van der Waals surface area (Å²) in [5.74, 6) is 0.785. The van der Waals surface area contributed by atoms with E-state index in [0.29, 0.717) is 21.7 Å². The van der Waals surface area contributed by atoms with Crippen molar-refractivity contribution in [3.63, 3.8) is 0 Å². The number of benzene rings is 1. The van der Waals surface area contributed by atoms with E-state index in [1.165, 1.54) is 21.3 Å². The first-order valence-corrected chi connectivity index (χ1v) is 4.77. The largest absolute Gasteiger partial charge is 0.591 e. The second-order valence-electron chi connectivity index (χ2n) is 3.30. The third kappa shape index (κ3) is 1.47. The zero-order valence-electron chi connectivity index (χ0n) is 9.63. The second-order valence-corrected chi connectivity index (χ2v) is 3.30. The Bertz CT molecular complexity index is 564. The Labute approximate surface area is 96.9 Å². The molecule has 0 saturated carbocycles. The molecule has 7 nitrogen and oxygen atoms in total. The van der Waals surface area contributed by atoms with E-state index in [2.05, 4.69) is 0 Å². The molecule has 1 aromatic heterocycles. The summed E-state index contributed by atoms with van der Waals surface area (Å²) in [5.41, 5.74) is 0.222. The molecule has 92 valence electrons. The number of ether oxygens (including phenoxy) is 3. The van der Waals surface area contributed by atoms with Crippen LogP contribution in [0.15, 0.2) is 12.1 Å². The van der Waals surface area contributed by atoms with Gasteiger partial charge in [0, 0.05) is 17.0 Å². The minimum Gasteiger partial charge on any atom is -0.591 e. The van der Waals surface area contributed by atoms with Gasteiger partial charge in [-0.25, -0.2) is 0 Å². The molecule has 1 heterocycles. The molecule has 2 aromatic rings. The van der Waals surface area contributed by atoms with Crippen LogP contribution in [0.5, 0.6) is 17.4 Å². The van der Waals surface area contributed by atoms with Crippen LogP contribution in [0.25, 0.3) is 10.9 Å². The molecule has 17 heavy (non-hydrogen) atoms. The smallest absolute Gasteiger partial charge is 0.416 e. The fraction of sp³-hybridized carbons (Fsp3) is 0.300. The summed E-state index contributed by atoms with van der Waals surface area (Å²) >= 11 is 0. The molecule has 7 heteroatoms. The molecule has 0 atom stereocenters. The van der Waals surface area contributed by atoms with Crippen LogP contribution in [0, 0.1) is 5.21 Å². The van der Waals surface area contributed by atoms with E-state index < -0.39 is 0 Å². The molecule has 0 aliphatic rings. The average molecular weight is 240 g/mol. The Hall–Kier alpha value is -2.31. The summed E-state index contributed by atoms with van der Waals surface area (Å²) in [6.07, 6.45) is 0. The average Bonchev–Trinajstić information content (AvgIpc) is 2.60. The standard InChI is InChI=1S/C10H12N2O5/c1-15-6-4-7-9(8(5-6)16-2)11(13)12(14)10(7)17-3/h4-5,13H,1-3H3. The van der Waals surface area contributed by atoms with Gasteiger partial charge in [0.1, 0.15) is 11.1 Å². The van der Waals surface area contributed by atoms with Gasteiger partial charge in [0.15, 0.2) is 5.75 Å². The van der Waals surface area contributed by atoms with Crippen LogP contribution in [-0.2, 0) is 0 Å². The van der Waals surface area contributed by atoms with Crippen LogP contribution in [-0.4, -0.2) is 31.4 Å². The Kier molecular flexibility index (Phi) is 2.58. The first-order valence-electron chi connectivity index (χ1n) is 4.77. The molecule has 2 rings (SSSR count). The van der Waals surface area contributed by atoms with Gasteiger partial charge in [-0.05, 0) is 4.85 Å². The van der Waals surface area contributed by atoms with Crippen LogP contribution in [0.4, 0.5) is 0 Å². The third-order valence-electron chi connectivity index (χ3n) is 2.47. The Balaban J connectivity index is 2.88. The summed E-state index contributed by atoms with van der Waals surface area (Å²) < 4.78 is 15.1. The summed E-state index contributed by atoms with van der Waals surface area (Å²) in [6.45, 7) is 0. The highest BCUT2D eigenvalue weighted by Crippen LogP contribution is 2.34. The van der Waals surface area contributed by atoms with Crippen molar-refractivity contribution in [1.29, 1.82) is 0 Å². The monoisotopic (exact) mass is 240 g/mol. The Morgan fingerprint density at radius 3 is 2.41 bits per heavy atom. The van der Waals surface area contributed by atoms with Gasteiger partial charge in [-0.15, -0.1) is 0 Å². The van der Waals surface area contributed by atoms with Gasteiger partial charge in [0.25, 0.3) is 0 Å². The highest BCUT2D eigenvalue weighted by atomic mass is 16.6. The van der Waals surface area contributed by atoms with Crippen molar-refractivity contribution in [3.05, 3.63) is 17.3 Å². The van der Waals surface area contributed by atoms with Crippen LogP contribution in [0.1, 0.15) is 0 Å². The van der Waals surface area contributed by atoms with Crippen LogP contribution in [0.2, 0.25) is 0 Å². The highest BCUT2D eigenvalue weighted by Gasteiger charge is 2.26. The minimum absolute atomic E-state index is 0.0281. The van der Waals surface area contributed by atoms with Crippen LogP contribution < -0.4 is 19.1 Å². The summed E-state index contributed by atoms with van der Waals surface area (Å²) in [6, 6.07) is 3.15. The maximum absolute atomic E-state index is 11.6. The molecule has 0 aliphatic heterocycles. The van der Waals surface area contributed by atoms with E-state index in [4.69, 9.17) is 14.2 Å². The van der Waals surface area contributed by atoms with E-state index in [-0.39, 0.29) is 16.2 Å². The first kappa shape index (κ1) is 11.2. The Morgan fingerprint density at radius 1 is 1.18 bits per heavy atom. The molecule has 0 spiro atoms. The SMILES string of the molecule is COc1cc(OC)c2c(c1)c(OC)[n+]([O-])n2O. The molecule has 1 aromatic carbocycles. The van der Waals surface area contributed by atoms with Crippen molar-refractivity contribution in [2.45, 2.75) is 0 Å². The van der Waals surface area contributed by atoms with Crippen molar-refractivity contribution in [1.82, 2.24) is 4.85 Å². The first-order chi connectivity index (χ1) is 8.13. The van der Waals surface area contributed by atoms with Crippen LogP contribution >= 0.6 is 0 Å². The zero-order chi connectivity index (χ0) is 12.6. The lowest BCUT2D eigenvalue weighted by Gasteiger charge is -2.04. The van der Waals surface area contributed by atoms with Gasteiger partial charge in [0.2, 0.25) is 5.52 Å². The van der Waals surface area contributed by atoms with Crippen molar-refractivity contribution in [2.75, 3.05) is 21.3 Å². The normalized spacial score (nSPS) is 10.5. The maximum Gasteiger partial charge on any atom is 0.416 e. The lowest BCUT2D eigenvalue weighted by atomic mass is 10.2. The number of hydrogen-bond acceptors (Lipinski definition) is 5. The van der Waals surface area contributed by atoms with Crippen molar-refractivity contribution in [2.24, 2.45) is 0 Å². The number of rotatable bonds is 3.